The number of carboxylic acid groups (broad SMARTS) is 1. The second-order valence-corrected chi connectivity index (χ2v) is 4.07. The lowest BCUT2D eigenvalue weighted by Gasteiger charge is -2.08. The van der Waals surface area contributed by atoms with Gasteiger partial charge in [-0.15, -0.1) is 0 Å². The van der Waals surface area contributed by atoms with Crippen LogP contribution in [0.3, 0.4) is 0 Å². The molecular weight excluding hydrogens is 216 g/mol. The lowest BCUT2D eigenvalue weighted by Crippen LogP contribution is -2.10. The SMILES string of the molecule is Cc1ccc(Cn2c(C(=O)O)cnc2C)cc1. The second kappa shape index (κ2) is 4.41. The highest BCUT2D eigenvalue weighted by atomic mass is 16.4. The molecule has 0 unspecified atom stereocenters. The maximum Gasteiger partial charge on any atom is 0.354 e. The van der Waals surface area contributed by atoms with E-state index in [0.29, 0.717) is 12.4 Å². The molecule has 88 valence electrons. The van der Waals surface area contributed by atoms with Crippen LogP contribution in [0.15, 0.2) is 30.5 Å². The van der Waals surface area contributed by atoms with E-state index in [4.69, 9.17) is 5.11 Å². The Hall–Kier alpha value is -2.10. The summed E-state index contributed by atoms with van der Waals surface area (Å²) < 4.78 is 1.70. The molecule has 0 aliphatic carbocycles. The summed E-state index contributed by atoms with van der Waals surface area (Å²) in [6, 6.07) is 8.03. The Morgan fingerprint density at radius 2 is 1.94 bits per heavy atom. The van der Waals surface area contributed by atoms with E-state index in [0.717, 1.165) is 5.56 Å². The van der Waals surface area contributed by atoms with Gasteiger partial charge in [0.2, 0.25) is 0 Å². The van der Waals surface area contributed by atoms with Crippen LogP contribution in [0.25, 0.3) is 0 Å². The van der Waals surface area contributed by atoms with E-state index in [1.165, 1.54) is 11.8 Å². The first-order valence-corrected chi connectivity index (χ1v) is 5.39. The number of imidazole rings is 1. The van der Waals surface area contributed by atoms with Crippen molar-refractivity contribution in [3.63, 3.8) is 0 Å². The van der Waals surface area contributed by atoms with Crippen molar-refractivity contribution in [2.75, 3.05) is 0 Å². The van der Waals surface area contributed by atoms with Crippen LogP contribution < -0.4 is 0 Å². The van der Waals surface area contributed by atoms with Crippen molar-refractivity contribution in [1.82, 2.24) is 9.55 Å². The Balaban J connectivity index is 2.32. The Kier molecular flexibility index (Phi) is 2.95. The van der Waals surface area contributed by atoms with Crippen molar-refractivity contribution in [3.05, 3.63) is 53.1 Å². The summed E-state index contributed by atoms with van der Waals surface area (Å²) in [6.07, 6.45) is 1.39. The van der Waals surface area contributed by atoms with E-state index in [1.54, 1.807) is 11.5 Å². The van der Waals surface area contributed by atoms with Gasteiger partial charge in [0.1, 0.15) is 11.5 Å². The van der Waals surface area contributed by atoms with Gasteiger partial charge in [0.15, 0.2) is 0 Å². The number of hydrogen-bond acceptors (Lipinski definition) is 2. The molecule has 4 heteroatoms. The Morgan fingerprint density at radius 1 is 1.29 bits per heavy atom. The minimum absolute atomic E-state index is 0.225. The molecule has 0 amide bonds. The van der Waals surface area contributed by atoms with Gasteiger partial charge in [0.05, 0.1) is 6.20 Å². The van der Waals surface area contributed by atoms with E-state index in [9.17, 15) is 4.79 Å². The summed E-state index contributed by atoms with van der Waals surface area (Å²) in [5.74, 6) is -0.235. The number of rotatable bonds is 3. The standard InChI is InChI=1S/C13H14N2O2/c1-9-3-5-11(6-4-9)8-15-10(2)14-7-12(15)13(16)17/h3-7H,8H2,1-2H3,(H,16,17). The molecule has 0 radical (unpaired) electrons. The average molecular weight is 230 g/mol. The molecule has 17 heavy (non-hydrogen) atoms. The minimum Gasteiger partial charge on any atom is -0.477 e. The fourth-order valence-corrected chi connectivity index (χ4v) is 1.71. The Bertz CT molecular complexity index is 541. The molecule has 2 rings (SSSR count). The predicted molar refractivity (Wildman–Crippen MR) is 64.2 cm³/mol. The van der Waals surface area contributed by atoms with Crippen LogP contribution in [0.1, 0.15) is 27.4 Å². The molecule has 2 aromatic rings. The van der Waals surface area contributed by atoms with E-state index < -0.39 is 5.97 Å². The monoisotopic (exact) mass is 230 g/mol. The first-order valence-electron chi connectivity index (χ1n) is 5.39. The third-order valence-corrected chi connectivity index (χ3v) is 2.74. The molecular formula is C13H14N2O2. The highest BCUT2D eigenvalue weighted by molar-refractivity contribution is 5.85. The molecule has 1 aromatic heterocycles. The molecule has 0 aliphatic heterocycles. The lowest BCUT2D eigenvalue weighted by molar-refractivity contribution is 0.0685. The fraction of sp³-hybridized carbons (Fsp3) is 0.231. The van der Waals surface area contributed by atoms with Crippen molar-refractivity contribution in [2.45, 2.75) is 20.4 Å². The van der Waals surface area contributed by atoms with Crippen LogP contribution in [0.5, 0.6) is 0 Å². The quantitative estimate of drug-likeness (QED) is 0.879. The number of carboxylic acids is 1. The summed E-state index contributed by atoms with van der Waals surface area (Å²) >= 11 is 0. The zero-order chi connectivity index (χ0) is 12.4. The number of aromatic nitrogens is 2. The summed E-state index contributed by atoms with van der Waals surface area (Å²) in [4.78, 5) is 15.1. The Morgan fingerprint density at radius 3 is 2.53 bits per heavy atom. The summed E-state index contributed by atoms with van der Waals surface area (Å²) in [5.41, 5.74) is 2.48. The smallest absolute Gasteiger partial charge is 0.354 e. The maximum atomic E-state index is 11.0. The predicted octanol–water partition coefficient (Wildman–Crippen LogP) is 2.25. The number of carbonyl (C=O) groups is 1. The van der Waals surface area contributed by atoms with Gasteiger partial charge in [-0.1, -0.05) is 29.8 Å². The summed E-state index contributed by atoms with van der Waals surface area (Å²) in [5, 5.41) is 9.04. The van der Waals surface area contributed by atoms with Crippen molar-refractivity contribution < 1.29 is 9.90 Å². The molecule has 1 heterocycles. The van der Waals surface area contributed by atoms with Gasteiger partial charge < -0.3 is 9.67 Å². The highest BCUT2D eigenvalue weighted by Gasteiger charge is 2.13. The molecule has 0 bridgehead atoms. The van der Waals surface area contributed by atoms with E-state index >= 15 is 0 Å². The van der Waals surface area contributed by atoms with Gasteiger partial charge in [-0.25, -0.2) is 9.78 Å². The van der Waals surface area contributed by atoms with Gasteiger partial charge in [-0.2, -0.15) is 0 Å². The molecule has 1 N–H and O–H groups in total. The van der Waals surface area contributed by atoms with Crippen LogP contribution in [0.2, 0.25) is 0 Å². The molecule has 0 fully saturated rings. The Labute approximate surface area is 99.5 Å². The normalized spacial score (nSPS) is 10.5. The maximum absolute atomic E-state index is 11.0. The largest absolute Gasteiger partial charge is 0.477 e. The van der Waals surface area contributed by atoms with Crippen LogP contribution in [0.4, 0.5) is 0 Å². The molecule has 1 aromatic carbocycles. The van der Waals surface area contributed by atoms with Crippen LogP contribution >= 0.6 is 0 Å². The molecule has 0 atom stereocenters. The van der Waals surface area contributed by atoms with Crippen molar-refractivity contribution in [3.8, 4) is 0 Å². The fourth-order valence-electron chi connectivity index (χ4n) is 1.71. The zero-order valence-corrected chi connectivity index (χ0v) is 9.84. The summed E-state index contributed by atoms with van der Waals surface area (Å²) in [7, 11) is 0. The van der Waals surface area contributed by atoms with Gasteiger partial charge in [-0.3, -0.25) is 0 Å². The zero-order valence-electron chi connectivity index (χ0n) is 9.84. The topological polar surface area (TPSA) is 55.1 Å². The minimum atomic E-state index is -0.947. The number of benzene rings is 1. The van der Waals surface area contributed by atoms with Crippen LogP contribution in [-0.2, 0) is 6.54 Å². The van der Waals surface area contributed by atoms with E-state index in [2.05, 4.69) is 4.98 Å². The first-order chi connectivity index (χ1) is 8.08. The van der Waals surface area contributed by atoms with E-state index in [1.807, 2.05) is 31.2 Å². The third-order valence-electron chi connectivity index (χ3n) is 2.74. The number of hydrogen-bond donors (Lipinski definition) is 1. The molecule has 0 saturated carbocycles. The molecule has 0 spiro atoms. The third kappa shape index (κ3) is 2.36. The van der Waals surface area contributed by atoms with Crippen molar-refractivity contribution in [2.24, 2.45) is 0 Å². The molecule has 0 saturated heterocycles. The van der Waals surface area contributed by atoms with Gasteiger partial charge in [0.25, 0.3) is 0 Å². The number of nitrogens with zero attached hydrogens (tertiary/aromatic N) is 2. The van der Waals surface area contributed by atoms with Crippen molar-refractivity contribution >= 4 is 5.97 Å². The van der Waals surface area contributed by atoms with Gasteiger partial charge in [-0.05, 0) is 19.4 Å². The van der Waals surface area contributed by atoms with Crippen LogP contribution in [-0.4, -0.2) is 20.6 Å². The second-order valence-electron chi connectivity index (χ2n) is 4.07. The number of aromatic carboxylic acids is 1. The summed E-state index contributed by atoms with van der Waals surface area (Å²) in [6.45, 7) is 4.36. The average Bonchev–Trinajstić information content (AvgIpc) is 2.64. The van der Waals surface area contributed by atoms with Crippen molar-refractivity contribution in [1.29, 1.82) is 0 Å². The lowest BCUT2D eigenvalue weighted by atomic mass is 10.1. The number of aryl methyl sites for hydroxylation is 2. The van der Waals surface area contributed by atoms with Gasteiger partial charge >= 0.3 is 5.97 Å². The van der Waals surface area contributed by atoms with Crippen LogP contribution in [0, 0.1) is 13.8 Å². The highest BCUT2D eigenvalue weighted by Crippen LogP contribution is 2.10. The van der Waals surface area contributed by atoms with Gasteiger partial charge in [0, 0.05) is 6.54 Å². The first kappa shape index (κ1) is 11.4. The van der Waals surface area contributed by atoms with E-state index in [-0.39, 0.29) is 5.69 Å². The molecule has 4 nitrogen and oxygen atoms in total. The molecule has 0 aliphatic rings.